The lowest BCUT2D eigenvalue weighted by Gasteiger charge is -2.47. The number of aliphatic hydroxyl groups is 2. The maximum atomic E-state index is 15.0. The second kappa shape index (κ2) is 19.9. The number of hydrogen-bond donors (Lipinski definition) is 9. The molecule has 2 aromatic rings. The highest BCUT2D eigenvalue weighted by Crippen LogP contribution is 2.52. The standard InChI is InChI=1S/C44H52N6O14S2/c1-18-33(48-34(44(61)62)37(18)65-26-13-28(45-15-26)38(53)46-24-9-5-7-22(11-24)42(57)58)31(20(3)51)40(55)49-16-27(14-29(49)39(54)47-25-10-6-8-23(12-25)43(59)60)66-36-19(2)35-32(21(4)52)41(56)50(35)30(36)17-64-63/h5-12,18-21,26-29,31-33,35,37,45,51-52,63H,13-17H2,1-4H3,(H,46,53)(H,47,54)(H,57,58)(H,59,60)(H,61,62)/t18-,19-,20-,21-,26+,27+,28+,29+,31-,32-,33-,35-,37?/m1/s1. The van der Waals surface area contributed by atoms with Crippen LogP contribution in [-0.2, 0) is 28.9 Å². The fourth-order valence-electron chi connectivity index (χ4n) is 9.85. The van der Waals surface area contributed by atoms with Crippen LogP contribution in [0.5, 0.6) is 0 Å². The molecule has 13 atom stereocenters. The molecule has 2 aromatic carbocycles. The maximum Gasteiger partial charge on any atom is 0.350 e. The molecule has 354 valence electrons. The fraction of sp³-hybridized carbons (Fsp3) is 0.500. The third kappa shape index (κ3) is 9.58. The molecule has 1 unspecified atom stereocenters. The number of rotatable bonds is 17. The Hall–Kier alpha value is -5.36. The van der Waals surface area contributed by atoms with Crippen LogP contribution in [0.4, 0.5) is 11.4 Å². The second-order valence-corrected chi connectivity index (χ2v) is 20.2. The molecule has 0 aliphatic carbocycles. The molecule has 22 heteroatoms. The Labute approximate surface area is 387 Å². The number of likely N-dealkylation sites (tertiary alicyclic amines) is 1. The summed E-state index contributed by atoms with van der Waals surface area (Å²) >= 11 is 2.59. The first-order valence-electron chi connectivity index (χ1n) is 21.4. The zero-order valence-corrected chi connectivity index (χ0v) is 37.9. The molecule has 0 aromatic heterocycles. The summed E-state index contributed by atoms with van der Waals surface area (Å²) in [6, 6.07) is 8.06. The molecule has 5 heterocycles. The van der Waals surface area contributed by atoms with E-state index in [0.29, 0.717) is 29.3 Å². The van der Waals surface area contributed by atoms with Crippen LogP contribution in [0.25, 0.3) is 0 Å². The number of benzene rings is 2. The van der Waals surface area contributed by atoms with Crippen LogP contribution >= 0.6 is 23.5 Å². The number of amides is 4. The zero-order chi connectivity index (χ0) is 47.9. The number of nitrogens with one attached hydrogen (secondary N) is 3. The minimum absolute atomic E-state index is 0.000972. The quantitative estimate of drug-likeness (QED) is 0.0624. The van der Waals surface area contributed by atoms with E-state index >= 15 is 4.79 Å². The average molecular weight is 953 g/mol. The number of aliphatic hydroxyl groups excluding tert-OH is 2. The number of nitrogens with zero attached hydrogens (tertiary/aromatic N) is 3. The van der Waals surface area contributed by atoms with Crippen molar-refractivity contribution in [3.8, 4) is 0 Å². The molecule has 3 saturated heterocycles. The van der Waals surface area contributed by atoms with Crippen LogP contribution in [0.15, 0.2) is 64.1 Å². The summed E-state index contributed by atoms with van der Waals surface area (Å²) in [7, 11) is 0. The van der Waals surface area contributed by atoms with Crippen molar-refractivity contribution in [3.63, 3.8) is 0 Å². The highest BCUT2D eigenvalue weighted by atomic mass is 32.2. The molecule has 5 aliphatic rings. The van der Waals surface area contributed by atoms with E-state index in [1.807, 2.05) is 6.92 Å². The lowest BCUT2D eigenvalue weighted by molar-refractivity contribution is -0.238. The number of β-lactam (4-membered cyclic amide) rings is 1. The zero-order valence-electron chi connectivity index (χ0n) is 36.3. The predicted molar refractivity (Wildman–Crippen MR) is 241 cm³/mol. The van der Waals surface area contributed by atoms with Gasteiger partial charge in [0.1, 0.15) is 18.4 Å². The molecule has 20 nitrogen and oxygen atoms in total. The fourth-order valence-corrected chi connectivity index (χ4v) is 13.0. The molecule has 3 fully saturated rings. The number of aliphatic carboxylic acids is 1. The lowest BCUT2D eigenvalue weighted by Crippen LogP contribution is -2.63. The summed E-state index contributed by atoms with van der Waals surface area (Å²) in [5, 5.41) is 67.7. The number of hydrogen-bond acceptors (Lipinski definition) is 15. The van der Waals surface area contributed by atoms with Gasteiger partial charge in [0.15, 0.2) is 0 Å². The molecular weight excluding hydrogens is 901 g/mol. The minimum Gasteiger partial charge on any atom is -0.478 e. The highest BCUT2D eigenvalue weighted by Gasteiger charge is 2.59. The summed E-state index contributed by atoms with van der Waals surface area (Å²) in [5.41, 5.74) is 0.552. The van der Waals surface area contributed by atoms with Gasteiger partial charge in [-0.3, -0.25) is 29.4 Å². The molecule has 5 aliphatic heterocycles. The van der Waals surface area contributed by atoms with Gasteiger partial charge in [0.05, 0.1) is 64.2 Å². The van der Waals surface area contributed by atoms with Crippen molar-refractivity contribution in [3.05, 3.63) is 70.3 Å². The van der Waals surface area contributed by atoms with Crippen molar-refractivity contribution in [1.82, 2.24) is 15.1 Å². The number of carbonyl (C=O) groups excluding carboxylic acids is 4. The molecule has 0 radical (unpaired) electrons. The van der Waals surface area contributed by atoms with Gasteiger partial charge >= 0.3 is 17.9 Å². The average Bonchev–Trinajstić information content (AvgIpc) is 4.03. The van der Waals surface area contributed by atoms with Gasteiger partial charge in [-0.05, 0) is 69.0 Å². The van der Waals surface area contributed by atoms with Crippen molar-refractivity contribution in [1.29, 1.82) is 0 Å². The van der Waals surface area contributed by atoms with Crippen molar-refractivity contribution in [2.75, 3.05) is 30.3 Å². The van der Waals surface area contributed by atoms with Gasteiger partial charge in [-0.2, -0.15) is 0 Å². The summed E-state index contributed by atoms with van der Waals surface area (Å²) in [4.78, 5) is 104. The molecule has 0 bridgehead atoms. The Kier molecular flexibility index (Phi) is 14.6. The van der Waals surface area contributed by atoms with Gasteiger partial charge in [0.2, 0.25) is 23.6 Å². The van der Waals surface area contributed by atoms with Crippen molar-refractivity contribution >= 4 is 82.1 Å². The molecule has 66 heavy (non-hydrogen) atoms. The molecule has 0 saturated carbocycles. The Balaban J connectivity index is 1.12. The van der Waals surface area contributed by atoms with Crippen LogP contribution < -0.4 is 16.0 Å². The first-order chi connectivity index (χ1) is 31.3. The number of fused-ring (bicyclic) bond motifs is 1. The van der Waals surface area contributed by atoms with Gasteiger partial charge in [-0.15, -0.1) is 23.5 Å². The third-order valence-corrected chi connectivity index (χ3v) is 16.2. The van der Waals surface area contributed by atoms with E-state index in [2.05, 4.69) is 25.8 Å². The third-order valence-electron chi connectivity index (χ3n) is 13.0. The van der Waals surface area contributed by atoms with E-state index in [4.69, 9.17) is 0 Å². The highest BCUT2D eigenvalue weighted by molar-refractivity contribution is 8.03. The van der Waals surface area contributed by atoms with Crippen molar-refractivity contribution in [2.24, 2.45) is 28.7 Å². The monoisotopic (exact) mass is 952 g/mol. The molecular formula is C44H52N6O14S2. The van der Waals surface area contributed by atoms with E-state index in [0.717, 1.165) is 0 Å². The van der Waals surface area contributed by atoms with Crippen LogP contribution in [0.3, 0.4) is 0 Å². The summed E-state index contributed by atoms with van der Waals surface area (Å²) in [6.45, 7) is 6.48. The van der Waals surface area contributed by atoms with Crippen molar-refractivity contribution in [2.45, 2.75) is 92.7 Å². The Morgan fingerprint density at radius 1 is 0.894 bits per heavy atom. The van der Waals surface area contributed by atoms with Crippen molar-refractivity contribution < 1.29 is 69.2 Å². The maximum absolute atomic E-state index is 15.0. The smallest absolute Gasteiger partial charge is 0.350 e. The van der Waals surface area contributed by atoms with Crippen LogP contribution in [0.2, 0.25) is 0 Å². The van der Waals surface area contributed by atoms with Gasteiger partial charge in [0.25, 0.3) is 0 Å². The van der Waals surface area contributed by atoms with Crippen LogP contribution in [0.1, 0.15) is 61.3 Å². The minimum atomic E-state index is -1.38. The molecule has 4 amide bonds. The largest absolute Gasteiger partial charge is 0.478 e. The number of carboxylic acids is 3. The Bertz CT molecular complexity index is 2360. The van der Waals surface area contributed by atoms with E-state index in [1.54, 1.807) is 13.0 Å². The first kappa shape index (κ1) is 48.6. The Morgan fingerprint density at radius 2 is 1.52 bits per heavy atom. The van der Waals surface area contributed by atoms with E-state index in [9.17, 15) is 59.6 Å². The number of carbonyl (C=O) groups is 7. The second-order valence-electron chi connectivity index (χ2n) is 17.4. The molecule has 0 spiro atoms. The molecule has 9 N–H and O–H groups in total. The number of aromatic carboxylic acids is 2. The van der Waals surface area contributed by atoms with E-state index < -0.39 is 100 Å². The van der Waals surface area contributed by atoms with Crippen LogP contribution in [-0.4, -0.2) is 160 Å². The van der Waals surface area contributed by atoms with Gasteiger partial charge in [-0.25, -0.2) is 19.3 Å². The normalized spacial score (nSPS) is 29.4. The summed E-state index contributed by atoms with van der Waals surface area (Å²) < 4.78 is 0. The van der Waals surface area contributed by atoms with Crippen LogP contribution in [0, 0.1) is 23.7 Å². The predicted octanol–water partition coefficient (Wildman–Crippen LogP) is 2.29. The number of anilines is 2. The van der Waals surface area contributed by atoms with Gasteiger partial charge in [-0.1, -0.05) is 26.0 Å². The first-order valence-corrected chi connectivity index (χ1v) is 23.3. The van der Waals surface area contributed by atoms with Gasteiger partial charge < -0.3 is 51.3 Å². The number of thioether (sulfide) groups is 2. The Morgan fingerprint density at radius 3 is 2.08 bits per heavy atom. The summed E-state index contributed by atoms with van der Waals surface area (Å²) in [5.74, 6) is -8.71. The topological polar surface area (TPSA) is 305 Å². The number of carboxylic acid groups (broad SMARTS) is 3. The van der Waals surface area contributed by atoms with E-state index in [-0.39, 0.29) is 59.2 Å². The SMILES string of the molecule is C[C@@H](O)[C@@H](C(=O)N1C[C@@H](SC2=C(COO)N3C(=O)[C@H]([C@@H](C)O)[C@H]3[C@H]2C)C[C@H]1C(=O)Nc1cccc(C(=O)O)c1)[C@@H]1N=C(C(=O)O)C(S[C@@H]2CN[C@H](C(=O)Nc3cccc(C(=O)O)c3)C2)[C@@H]1C. The number of aliphatic imine (C=N–C) groups is 1. The lowest BCUT2D eigenvalue weighted by atomic mass is 9.79. The molecule has 7 rings (SSSR count). The summed E-state index contributed by atoms with van der Waals surface area (Å²) in [6.07, 6.45) is -1.97. The van der Waals surface area contributed by atoms with Gasteiger partial charge in [0, 0.05) is 45.8 Å². The van der Waals surface area contributed by atoms with E-state index in [1.165, 1.54) is 89.6 Å².